The minimum Gasteiger partial charge on any atom is -0.481 e. The molecule has 16 nitrogen and oxygen atoms in total. The van der Waals surface area contributed by atoms with Gasteiger partial charge >= 0.3 is 37.4 Å². The summed E-state index contributed by atoms with van der Waals surface area (Å²) in [5.74, 6) is -8.21. The molecule has 282 valence electrons. The number of carbonyl (C=O) groups is 6. The number of alkyl halides is 3. The van der Waals surface area contributed by atoms with E-state index in [2.05, 4.69) is 0 Å². The molecular weight excluding hydrogens is 739 g/mol. The van der Waals surface area contributed by atoms with Gasteiger partial charge in [-0.05, 0) is 54.7 Å². The molecule has 2 amide bonds. The summed E-state index contributed by atoms with van der Waals surface area (Å²) in [4.78, 5) is 68.6. The van der Waals surface area contributed by atoms with Crippen molar-refractivity contribution in [3.05, 3.63) is 69.2 Å². The molecule has 0 saturated heterocycles. The molecule has 10 N–H and O–H groups in total. The second-order valence-electron chi connectivity index (χ2n) is 10.6. The van der Waals surface area contributed by atoms with Gasteiger partial charge in [0, 0.05) is 18.0 Å². The number of carboxylic acid groups (broad SMARTS) is 4. The number of carbonyl (C=O) groups excluding carboxylic acids is 2. The Hall–Kier alpha value is -4.31. The van der Waals surface area contributed by atoms with Crippen molar-refractivity contribution in [1.29, 1.82) is 0 Å². The Kier molecular flexibility index (Phi) is 19.4. The molecule has 0 aliphatic rings. The van der Waals surface area contributed by atoms with E-state index in [1.807, 2.05) is 0 Å². The number of amides is 2. The monoisotopic (exact) mass is 772 g/mol. The van der Waals surface area contributed by atoms with Crippen LogP contribution in [0.25, 0.3) is 0 Å². The van der Waals surface area contributed by atoms with E-state index in [0.29, 0.717) is 5.56 Å². The van der Waals surface area contributed by atoms with Gasteiger partial charge in [-0.1, -0.05) is 42.3 Å². The van der Waals surface area contributed by atoms with Gasteiger partial charge in [0.05, 0.1) is 29.0 Å². The molecule has 0 heterocycles. The molecule has 0 spiro atoms. The molecule has 0 aromatic heterocycles. The summed E-state index contributed by atoms with van der Waals surface area (Å²) in [6, 6.07) is 7.26. The summed E-state index contributed by atoms with van der Waals surface area (Å²) in [5, 5.41) is 64.8. The van der Waals surface area contributed by atoms with Crippen LogP contribution in [-0.4, -0.2) is 107 Å². The van der Waals surface area contributed by atoms with Gasteiger partial charge in [-0.2, -0.15) is 13.2 Å². The van der Waals surface area contributed by atoms with Gasteiger partial charge in [-0.3, -0.25) is 28.9 Å². The van der Waals surface area contributed by atoms with E-state index < -0.39 is 85.2 Å². The fourth-order valence-corrected chi connectivity index (χ4v) is 4.48. The largest absolute Gasteiger partial charge is 0.631 e. The van der Waals surface area contributed by atoms with Crippen molar-refractivity contribution in [3.63, 3.8) is 0 Å². The number of aliphatic carboxylic acids is 4. The van der Waals surface area contributed by atoms with Crippen LogP contribution in [0, 0.1) is 5.92 Å². The fourth-order valence-electron chi connectivity index (χ4n) is 4.11. The van der Waals surface area contributed by atoms with E-state index in [1.54, 1.807) is 6.92 Å². The highest BCUT2D eigenvalue weighted by Crippen LogP contribution is 2.30. The van der Waals surface area contributed by atoms with Gasteiger partial charge in [0.1, 0.15) is 6.04 Å². The molecule has 0 bridgehead atoms. The maximum absolute atomic E-state index is 13.2. The van der Waals surface area contributed by atoms with Crippen molar-refractivity contribution in [3.8, 4) is 0 Å². The number of imide groups is 1. The average Bonchev–Trinajstić information content (AvgIpc) is 2.99. The van der Waals surface area contributed by atoms with Crippen LogP contribution in [0.15, 0.2) is 42.5 Å². The highest BCUT2D eigenvalue weighted by molar-refractivity contribution is 6.36. The SMILES string of the molecule is CCC(=O)N(CC(Cc1ccc(C(F)(F)F)cc1)C[C@@H](N)C(=O)O)C(=O)c1cc(Cl)ccc1Cl.O=C(O)CC(O)(CC(=O)O)C(=O)O.OB(O)O. The Morgan fingerprint density at radius 3 is 1.76 bits per heavy atom. The second-order valence-corrected chi connectivity index (χ2v) is 11.4. The lowest BCUT2D eigenvalue weighted by atomic mass is 9.91. The zero-order valence-corrected chi connectivity index (χ0v) is 28.0. The normalized spacial score (nSPS) is 12.1. The lowest BCUT2D eigenvalue weighted by Crippen LogP contribution is -2.43. The molecule has 22 heteroatoms. The molecule has 0 saturated carbocycles. The summed E-state index contributed by atoms with van der Waals surface area (Å²) in [6.07, 6.45) is -6.86. The zero-order chi connectivity index (χ0) is 39.9. The second kappa shape index (κ2) is 21.2. The number of hydrogen-bond acceptors (Lipinski definition) is 11. The number of nitrogens with zero attached hydrogens (tertiary/aromatic N) is 1. The molecule has 0 radical (unpaired) electrons. The van der Waals surface area contributed by atoms with E-state index in [1.165, 1.54) is 30.3 Å². The molecule has 2 aromatic carbocycles. The smallest absolute Gasteiger partial charge is 0.481 e. The predicted octanol–water partition coefficient (Wildman–Crippen LogP) is 1.75. The standard InChI is InChI=1S/C23H23Cl2F3N2O4.C6H8O7.BH3O3/c1-2-20(31)30(21(32)17-11-16(24)7-8-18(17)25)12-14(10-19(29)22(33)34)9-13-3-5-15(6-4-13)23(26,27)28;7-3(8)1-6(13,5(11)12)2-4(9)10;2-1(3)4/h3-8,11,14,19H,2,9-10,12,29H2,1H3,(H,33,34);13H,1-2H2,(H,7,8)(H,9,10)(H,11,12);2-4H/t14?,19-;;/m1../s1. The first-order chi connectivity index (χ1) is 23.3. The van der Waals surface area contributed by atoms with Crippen LogP contribution >= 0.6 is 23.2 Å². The first kappa shape index (κ1) is 46.7. The van der Waals surface area contributed by atoms with Crippen LogP contribution in [0.4, 0.5) is 13.2 Å². The van der Waals surface area contributed by atoms with Crippen molar-refractivity contribution in [2.45, 2.75) is 56.8 Å². The molecule has 0 aliphatic heterocycles. The van der Waals surface area contributed by atoms with Gasteiger partial charge < -0.3 is 46.3 Å². The van der Waals surface area contributed by atoms with E-state index in [0.717, 1.165) is 17.0 Å². The number of halogens is 5. The number of rotatable bonds is 14. The van der Waals surface area contributed by atoms with Gasteiger partial charge in [-0.25, -0.2) is 4.79 Å². The average molecular weight is 773 g/mol. The first-order valence-electron chi connectivity index (χ1n) is 14.2. The molecule has 2 aromatic rings. The zero-order valence-electron chi connectivity index (χ0n) is 26.5. The molecule has 51 heavy (non-hydrogen) atoms. The molecule has 2 atom stereocenters. The van der Waals surface area contributed by atoms with E-state index >= 15 is 0 Å². The fraction of sp³-hybridized carbons (Fsp3) is 0.379. The topological polar surface area (TPSA) is 294 Å². The highest BCUT2D eigenvalue weighted by atomic mass is 35.5. The Morgan fingerprint density at radius 2 is 1.37 bits per heavy atom. The molecule has 1 unspecified atom stereocenters. The van der Waals surface area contributed by atoms with Crippen molar-refractivity contribution in [2.75, 3.05) is 6.54 Å². The van der Waals surface area contributed by atoms with Gasteiger partial charge in [0.25, 0.3) is 5.91 Å². The number of hydrogen-bond donors (Lipinski definition) is 9. The third-order valence-corrected chi connectivity index (χ3v) is 7.01. The Balaban J connectivity index is 0.00000122. The highest BCUT2D eigenvalue weighted by Gasteiger charge is 2.41. The minimum atomic E-state index is -4.50. The number of aliphatic hydroxyl groups is 1. The Morgan fingerprint density at radius 1 is 0.882 bits per heavy atom. The number of benzene rings is 2. The lowest BCUT2D eigenvalue weighted by Gasteiger charge is -2.27. The van der Waals surface area contributed by atoms with Gasteiger partial charge in [0.15, 0.2) is 5.60 Å². The lowest BCUT2D eigenvalue weighted by molar-refractivity contribution is -0.170. The quantitative estimate of drug-likeness (QED) is 0.124. The van der Waals surface area contributed by atoms with Gasteiger partial charge in [0.2, 0.25) is 5.91 Å². The minimum absolute atomic E-state index is 0.00761. The van der Waals surface area contributed by atoms with Crippen LogP contribution < -0.4 is 5.73 Å². The molecule has 0 fully saturated rings. The third-order valence-electron chi connectivity index (χ3n) is 6.44. The first-order valence-corrected chi connectivity index (χ1v) is 15.0. The summed E-state index contributed by atoms with van der Waals surface area (Å²) in [7, 11) is -2.17. The van der Waals surface area contributed by atoms with E-state index in [4.69, 9.17) is 64.4 Å². The Bertz CT molecular complexity index is 1510. The summed E-state index contributed by atoms with van der Waals surface area (Å²) in [6.45, 7) is 1.34. The summed E-state index contributed by atoms with van der Waals surface area (Å²) < 4.78 is 38.6. The summed E-state index contributed by atoms with van der Waals surface area (Å²) in [5.41, 5.74) is 2.58. The van der Waals surface area contributed by atoms with Crippen LogP contribution in [0.2, 0.25) is 10.0 Å². The van der Waals surface area contributed by atoms with Crippen LogP contribution in [0.1, 0.15) is 54.1 Å². The molecule has 0 aliphatic carbocycles. The maximum Gasteiger partial charge on any atom is 0.631 e. The van der Waals surface area contributed by atoms with Crippen molar-refractivity contribution >= 4 is 66.2 Å². The van der Waals surface area contributed by atoms with Crippen LogP contribution in [0.3, 0.4) is 0 Å². The van der Waals surface area contributed by atoms with E-state index in [9.17, 15) is 47.0 Å². The molecule has 2 rings (SSSR count). The van der Waals surface area contributed by atoms with Crippen molar-refractivity contribution in [2.24, 2.45) is 11.7 Å². The van der Waals surface area contributed by atoms with Crippen LogP contribution in [0.5, 0.6) is 0 Å². The van der Waals surface area contributed by atoms with E-state index in [-0.39, 0.29) is 41.4 Å². The number of nitrogens with two attached hydrogens (primary N) is 1. The molecular formula is C29H34BCl2F3N2O14. The maximum atomic E-state index is 13.2. The van der Waals surface area contributed by atoms with Gasteiger partial charge in [-0.15, -0.1) is 0 Å². The number of carboxylic acids is 4. The van der Waals surface area contributed by atoms with Crippen molar-refractivity contribution in [1.82, 2.24) is 4.90 Å². The predicted molar refractivity (Wildman–Crippen MR) is 171 cm³/mol. The third kappa shape index (κ3) is 17.5. The van der Waals surface area contributed by atoms with Crippen molar-refractivity contribution < 1.29 is 82.5 Å². The summed E-state index contributed by atoms with van der Waals surface area (Å²) >= 11 is 12.1. The Labute approximate surface area is 297 Å². The van der Waals surface area contributed by atoms with Crippen LogP contribution in [-0.2, 0) is 36.6 Å².